The maximum absolute atomic E-state index is 10.2. The van der Waals surface area contributed by atoms with Crippen LogP contribution in [0.2, 0.25) is 0 Å². The molecule has 0 fully saturated rings. The summed E-state index contributed by atoms with van der Waals surface area (Å²) in [6.45, 7) is 8.83. The van der Waals surface area contributed by atoms with Crippen molar-refractivity contribution in [1.82, 2.24) is 23.1 Å². The van der Waals surface area contributed by atoms with E-state index in [4.69, 9.17) is 9.72 Å². The molecule has 14 aromatic rings. The van der Waals surface area contributed by atoms with Gasteiger partial charge in [-0.3, -0.25) is 0 Å². The van der Waals surface area contributed by atoms with E-state index in [9.17, 15) is 5.26 Å². The Kier molecular flexibility index (Phi) is 9.86. The normalized spacial score (nSPS) is 12.1. The van der Waals surface area contributed by atoms with Crippen molar-refractivity contribution in [3.8, 4) is 57.0 Å². The molecule has 14 rings (SSSR count). The molecule has 0 aliphatic carbocycles. The van der Waals surface area contributed by atoms with Gasteiger partial charge in [-0.1, -0.05) is 39.0 Å². The van der Waals surface area contributed by atoms with Crippen LogP contribution in [-0.4, -0.2) is 23.1 Å². The van der Waals surface area contributed by atoms with Gasteiger partial charge in [0.25, 0.3) is 0 Å². The van der Waals surface area contributed by atoms with Crippen LogP contribution in [0.5, 0.6) is 11.5 Å². The van der Waals surface area contributed by atoms with E-state index in [2.05, 4.69) is 259 Å². The van der Waals surface area contributed by atoms with Crippen LogP contribution >= 0.6 is 0 Å². The van der Waals surface area contributed by atoms with E-state index in [1.54, 1.807) is 0 Å². The molecule has 0 amide bonds. The number of ether oxygens (including phenoxy) is 1. The number of rotatable bonds is 7. The second-order valence-electron chi connectivity index (χ2n) is 20.3. The molecule has 0 aliphatic heterocycles. The average molecular weight is 1130 g/mol. The summed E-state index contributed by atoms with van der Waals surface area (Å²) in [7, 11) is 0. The molecule has 74 heavy (non-hydrogen) atoms. The van der Waals surface area contributed by atoms with E-state index in [1.165, 1.54) is 5.56 Å². The number of hydrogen-bond donors (Lipinski definition) is 0. The van der Waals surface area contributed by atoms with Gasteiger partial charge in [-0.15, -0.1) is 0 Å². The van der Waals surface area contributed by atoms with Gasteiger partial charge >= 0.3 is 301 Å². The molecule has 0 aliphatic rings. The fraction of sp³-hybridized carbons (Fsp3) is 0.0758. The first-order chi connectivity index (χ1) is 36.1. The molecule has 0 spiro atoms. The minimum atomic E-state index is -0.0953. The zero-order chi connectivity index (χ0) is 50.0. The first-order valence-corrected chi connectivity index (χ1v) is 26.0. The molecule has 0 atom stereocenters. The Labute approximate surface area is 437 Å². The van der Waals surface area contributed by atoms with Gasteiger partial charge in [-0.25, -0.2) is 0 Å². The molecule has 0 bridgehead atoms. The van der Waals surface area contributed by atoms with Crippen molar-refractivity contribution in [2.75, 3.05) is 0 Å². The second-order valence-corrected chi connectivity index (χ2v) is 21.3. The quantitative estimate of drug-likeness (QED) is 0.160. The van der Waals surface area contributed by atoms with Crippen LogP contribution in [0.4, 0.5) is 0 Å². The topological polar surface area (TPSA) is 65.1 Å². The molecule has 0 unspecified atom stereocenters. The van der Waals surface area contributed by atoms with E-state index >= 15 is 0 Å². The van der Waals surface area contributed by atoms with Gasteiger partial charge < -0.3 is 4.40 Å². The van der Waals surface area contributed by atoms with E-state index < -0.39 is 0 Å². The van der Waals surface area contributed by atoms with Crippen LogP contribution in [0.1, 0.15) is 37.5 Å². The molecule has 0 saturated heterocycles. The van der Waals surface area contributed by atoms with Crippen molar-refractivity contribution in [1.29, 1.82) is 5.26 Å². The first-order valence-electron chi connectivity index (χ1n) is 24.9. The number of fused-ring (bicyclic) bond motifs is 10. The Morgan fingerprint density at radius 3 is 1.84 bits per heavy atom. The third-order valence-electron chi connectivity index (χ3n) is 14.9. The van der Waals surface area contributed by atoms with Gasteiger partial charge in [0.2, 0.25) is 0 Å². The van der Waals surface area contributed by atoms with Crippen LogP contribution < -0.4 is 4.74 Å². The number of hydrogen-bond acceptors (Lipinski definition) is 3. The molecule has 7 nitrogen and oxygen atoms in total. The molecule has 5 heterocycles. The van der Waals surface area contributed by atoms with E-state index in [0.717, 1.165) is 131 Å². The summed E-state index contributed by atoms with van der Waals surface area (Å²) in [6.07, 6.45) is 1.93. The summed E-state index contributed by atoms with van der Waals surface area (Å²) in [5.74, 6) is 2.32. The fourth-order valence-corrected chi connectivity index (χ4v) is 12.5. The molecular weight excluding hydrogens is 1090 g/mol. The molecule has 0 N–H and O–H groups in total. The molecular formula is C66H46N6OPt. The average Bonchev–Trinajstić information content (AvgIpc) is 4.15. The first kappa shape index (κ1) is 43.9. The molecule has 9 aromatic carbocycles. The molecule has 8 heteroatoms. The van der Waals surface area contributed by atoms with E-state index in [-0.39, 0.29) is 5.41 Å². The number of para-hydroxylation sites is 4. The van der Waals surface area contributed by atoms with Crippen molar-refractivity contribution in [2.45, 2.75) is 33.1 Å². The molecule has 0 radical (unpaired) electrons. The summed E-state index contributed by atoms with van der Waals surface area (Å²) in [5, 5.41) is 16.8. The number of benzene rings is 9. The summed E-state index contributed by atoms with van der Waals surface area (Å²) in [6, 6.07) is 73.6. The standard InChI is InChI=1S/C66H46N6O.Pt/c1-41-26-27-46(69-40-70(58-25-14-13-24-57(58)69)64-48(43-16-7-5-8-17-43)21-15-22-49(64)44-18-9-6-10-19-44)35-62(41)73-47-28-29-51-52-37-53-55-33-42(39-67)32-54-50-20-11-12-23-56(50)72(65(54)55)61(53)38-60(52)71(59(51)36-47)63-34-45(30-31-68-63)66(2,3)4;/h5-38H,1-4H3;. The van der Waals surface area contributed by atoms with Crippen molar-refractivity contribution in [3.63, 3.8) is 0 Å². The predicted octanol–water partition coefficient (Wildman–Crippen LogP) is 16.7. The monoisotopic (exact) mass is 1130 g/mol. The predicted molar refractivity (Wildman–Crippen MR) is 298 cm³/mol. The van der Waals surface area contributed by atoms with Gasteiger partial charge in [-0.05, 0) is 35.2 Å². The molecule has 0 saturated carbocycles. The van der Waals surface area contributed by atoms with Crippen molar-refractivity contribution in [2.24, 2.45) is 0 Å². The number of imidazole rings is 1. The third kappa shape index (κ3) is 6.68. The van der Waals surface area contributed by atoms with Crippen molar-refractivity contribution < 1.29 is 24.1 Å². The summed E-state index contributed by atoms with van der Waals surface area (Å²) in [5.41, 5.74) is 17.0. The van der Waals surface area contributed by atoms with E-state index in [0.29, 0.717) is 5.56 Å². The Morgan fingerprint density at radius 1 is 0.514 bits per heavy atom. The fourth-order valence-electron chi connectivity index (χ4n) is 11.4. The van der Waals surface area contributed by atoms with Crippen LogP contribution in [0.25, 0.3) is 110 Å². The Hall–Kier alpha value is -8.82. The van der Waals surface area contributed by atoms with Gasteiger partial charge in [0, 0.05) is 27.7 Å². The summed E-state index contributed by atoms with van der Waals surface area (Å²) >= 11 is 2.51. The van der Waals surface area contributed by atoms with E-state index in [1.807, 2.05) is 18.3 Å². The maximum atomic E-state index is 10.2. The Morgan fingerprint density at radius 2 is 1.14 bits per heavy atom. The third-order valence-corrected chi connectivity index (χ3v) is 15.9. The van der Waals surface area contributed by atoms with Crippen LogP contribution in [0, 0.1) is 22.1 Å². The SMILES string of the molecule is Cc1ccc(-n2[c](=[Pt])n(-c3c(-c4ccccc4)cccc3-c3ccccc3)c3ccccc32)cc1Oc1ccc2c3cc4c5cc(C#N)cc6c7ccccc7n(c4cc3n(-c3cc(C(C)(C)C)ccn3)c2c1)c65. The zero-order valence-corrected chi connectivity index (χ0v) is 43.3. The molecule has 5 aromatic heterocycles. The zero-order valence-electron chi connectivity index (χ0n) is 41.0. The number of nitrogens with zero attached hydrogens (tertiary/aromatic N) is 6. The van der Waals surface area contributed by atoms with Crippen molar-refractivity contribution in [3.05, 3.63) is 227 Å². The summed E-state index contributed by atoms with van der Waals surface area (Å²) in [4.78, 5) is 5.08. The van der Waals surface area contributed by atoms with Crippen molar-refractivity contribution >= 4 is 70.9 Å². The summed E-state index contributed by atoms with van der Waals surface area (Å²) < 4.78 is 17.5. The smallest absolute Gasteiger partial charge is 0.0621 e. The van der Waals surface area contributed by atoms with Crippen LogP contribution in [0.15, 0.2) is 206 Å². The van der Waals surface area contributed by atoms with Gasteiger partial charge in [0.05, 0.1) is 28.2 Å². The number of pyridine rings is 1. The van der Waals surface area contributed by atoms with Crippen LogP contribution in [0.3, 0.4) is 0 Å². The van der Waals surface area contributed by atoms with Gasteiger partial charge in [0.1, 0.15) is 0 Å². The largest absolute Gasteiger partial charge is 0.0621 e. The number of aryl methyl sites for hydroxylation is 1. The van der Waals surface area contributed by atoms with Gasteiger partial charge in [-0.2, -0.15) is 5.26 Å². The van der Waals surface area contributed by atoms with Gasteiger partial charge in [0.15, 0.2) is 0 Å². The minimum Gasteiger partial charge on any atom is 0.0621 e. The molecule has 356 valence electrons. The minimum absolute atomic E-state index is 0.0953. The van der Waals surface area contributed by atoms with Crippen LogP contribution in [-0.2, 0) is 24.8 Å². The Balaban J connectivity index is 0.953. The Bertz CT molecular complexity index is 4660. The number of nitriles is 1. The number of aromatic nitrogens is 5. The maximum Gasteiger partial charge on any atom is 0.0621 e. The second kappa shape index (κ2) is 16.6.